The van der Waals surface area contributed by atoms with Gasteiger partial charge in [-0.3, -0.25) is 24.4 Å². The average molecular weight is 942 g/mol. The van der Waals surface area contributed by atoms with Crippen LogP contribution >= 0.6 is 11.6 Å². The van der Waals surface area contributed by atoms with E-state index in [1.54, 1.807) is 26.4 Å². The molecule has 2 atom stereocenters. The van der Waals surface area contributed by atoms with Crippen LogP contribution in [0.15, 0.2) is 41.3 Å². The monoisotopic (exact) mass is 941 g/mol. The van der Waals surface area contributed by atoms with E-state index in [-0.39, 0.29) is 46.8 Å². The number of aromatic nitrogens is 5. The molecule has 3 N–H and O–H groups in total. The molecule has 1 aliphatic carbocycles. The lowest BCUT2D eigenvalue weighted by Gasteiger charge is -2.47. The van der Waals surface area contributed by atoms with E-state index in [1.807, 2.05) is 24.3 Å². The molecule has 11 rings (SSSR count). The van der Waals surface area contributed by atoms with Gasteiger partial charge >= 0.3 is 5.92 Å². The Bertz CT molecular complexity index is 2840. The van der Waals surface area contributed by atoms with E-state index in [2.05, 4.69) is 40.7 Å². The number of nitrogens with one attached hydrogen (secondary N) is 3. The molecule has 5 fully saturated rings. The van der Waals surface area contributed by atoms with Crippen molar-refractivity contribution in [1.82, 2.24) is 34.5 Å². The van der Waals surface area contributed by atoms with Crippen molar-refractivity contribution in [2.75, 3.05) is 72.9 Å². The highest BCUT2D eigenvalue weighted by molar-refractivity contribution is 6.33. The molecular weight excluding hydrogens is 887 g/mol. The highest BCUT2D eigenvalue weighted by Crippen LogP contribution is 2.47. The Labute approximate surface area is 390 Å². The van der Waals surface area contributed by atoms with Crippen LogP contribution in [0.4, 0.5) is 42.0 Å². The van der Waals surface area contributed by atoms with Gasteiger partial charge in [-0.05, 0) is 118 Å². The Morgan fingerprint density at radius 2 is 1.66 bits per heavy atom. The molecule has 1 spiro atoms. The smallest absolute Gasteiger partial charge is 0.301 e. The SMILES string of the molecule is Cn1nc(C2CCC(=O)NC2=O)c2ccc(N3CCC(CN4CCC5(CC4)CCN(c4ncc(Cl)c(Nc6ccc7c(c6)c6c(c(=O)n7C)OCC(F)(F)C(C7CC7)N6)n4)CC5)CC3)c(F)c21. The number of likely N-dealkylation sites (tertiary alicyclic amines) is 1. The third kappa shape index (κ3) is 8.10. The highest BCUT2D eigenvalue weighted by Gasteiger charge is 2.51. The van der Waals surface area contributed by atoms with E-state index < -0.39 is 30.0 Å². The first kappa shape index (κ1) is 43.9. The van der Waals surface area contributed by atoms with Crippen molar-refractivity contribution in [3.63, 3.8) is 0 Å². The Kier molecular flexibility index (Phi) is 11.1. The van der Waals surface area contributed by atoms with Gasteiger partial charge in [0, 0.05) is 69.7 Å². The van der Waals surface area contributed by atoms with Crippen LogP contribution in [0.1, 0.15) is 75.8 Å². The molecule has 5 aliphatic heterocycles. The number of nitrogens with zero attached hydrogens (tertiary/aromatic N) is 8. The van der Waals surface area contributed by atoms with Gasteiger partial charge in [-0.1, -0.05) is 11.6 Å². The zero-order valence-electron chi connectivity index (χ0n) is 37.7. The van der Waals surface area contributed by atoms with Crippen LogP contribution in [0, 0.1) is 23.1 Å². The van der Waals surface area contributed by atoms with Crippen molar-refractivity contribution >= 4 is 74.0 Å². The maximum absolute atomic E-state index is 16.2. The minimum atomic E-state index is -3.13. The maximum atomic E-state index is 16.2. The van der Waals surface area contributed by atoms with E-state index in [1.165, 1.54) is 9.25 Å². The number of halogens is 4. The van der Waals surface area contributed by atoms with Crippen LogP contribution in [0.25, 0.3) is 21.8 Å². The summed E-state index contributed by atoms with van der Waals surface area (Å²) in [6.07, 6.45) is 9.93. The van der Waals surface area contributed by atoms with E-state index in [0.29, 0.717) is 80.8 Å². The molecule has 67 heavy (non-hydrogen) atoms. The molecule has 4 saturated heterocycles. The van der Waals surface area contributed by atoms with Gasteiger partial charge in [0.2, 0.25) is 23.5 Å². The second-order valence-corrected chi connectivity index (χ2v) is 20.2. The predicted molar refractivity (Wildman–Crippen MR) is 250 cm³/mol. The summed E-state index contributed by atoms with van der Waals surface area (Å²) in [6, 6.07) is 7.96. The van der Waals surface area contributed by atoms with E-state index >= 15 is 13.2 Å². The fourth-order valence-corrected chi connectivity index (χ4v) is 11.6. The molecule has 8 heterocycles. The Balaban J connectivity index is 0.691. The second-order valence-electron chi connectivity index (χ2n) is 19.8. The van der Waals surface area contributed by atoms with Gasteiger partial charge in [0.05, 0.1) is 40.7 Å². The molecule has 5 aromatic rings. The van der Waals surface area contributed by atoms with Crippen LogP contribution in [0.3, 0.4) is 0 Å². The molecular formula is C48H55ClF3N11O4. The normalized spacial score (nSPS) is 23.5. The fourth-order valence-electron chi connectivity index (χ4n) is 11.4. The summed E-state index contributed by atoms with van der Waals surface area (Å²) in [5.74, 6) is -3.45. The Hall–Kier alpha value is -5.62. The van der Waals surface area contributed by atoms with E-state index in [9.17, 15) is 14.4 Å². The number of fused-ring (bicyclic) bond motifs is 4. The minimum absolute atomic E-state index is 0.107. The molecule has 0 bridgehead atoms. The summed E-state index contributed by atoms with van der Waals surface area (Å²) in [7, 11) is 3.31. The van der Waals surface area contributed by atoms with Crippen molar-refractivity contribution in [2.45, 2.75) is 82.1 Å². The summed E-state index contributed by atoms with van der Waals surface area (Å²) in [6.45, 7) is 5.49. The van der Waals surface area contributed by atoms with Crippen molar-refractivity contribution < 1.29 is 27.5 Å². The van der Waals surface area contributed by atoms with Gasteiger partial charge in [-0.15, -0.1) is 0 Å². The Morgan fingerprint density at radius 1 is 0.910 bits per heavy atom. The maximum Gasteiger partial charge on any atom is 0.301 e. The number of ether oxygens (including phenoxy) is 1. The van der Waals surface area contributed by atoms with Crippen molar-refractivity contribution in [3.8, 4) is 5.75 Å². The first-order chi connectivity index (χ1) is 32.2. The molecule has 6 aliphatic rings. The number of amides is 2. The summed E-state index contributed by atoms with van der Waals surface area (Å²) in [5.41, 5.74) is 2.73. The van der Waals surface area contributed by atoms with E-state index in [0.717, 1.165) is 84.3 Å². The first-order valence-corrected chi connectivity index (χ1v) is 24.1. The lowest BCUT2D eigenvalue weighted by atomic mass is 9.71. The minimum Gasteiger partial charge on any atom is -0.480 e. The lowest BCUT2D eigenvalue weighted by Crippen LogP contribution is -2.48. The van der Waals surface area contributed by atoms with Gasteiger partial charge < -0.3 is 34.6 Å². The third-order valence-corrected chi connectivity index (χ3v) is 15.9. The van der Waals surface area contributed by atoms with Crippen molar-refractivity contribution in [3.05, 3.63) is 63.4 Å². The molecule has 15 nitrogen and oxygen atoms in total. The number of rotatable bonds is 8. The quantitative estimate of drug-likeness (QED) is 0.136. The first-order valence-electron chi connectivity index (χ1n) is 23.7. The van der Waals surface area contributed by atoms with Crippen molar-refractivity contribution in [2.24, 2.45) is 31.3 Å². The highest BCUT2D eigenvalue weighted by atomic mass is 35.5. The number of pyridine rings is 1. The van der Waals surface area contributed by atoms with Gasteiger partial charge in [-0.2, -0.15) is 10.1 Å². The standard InChI is InChI=1S/C48H55ClF3N11O4/c1-59-34-8-5-29(23-32(34)39-41(45(59)66)67-26-48(51,52)42(56-39)28-3-4-28)54-43-33(49)24-53-46(57-43)63-21-15-47(16-22-63)13-19-61(20-14-47)25-27-11-17-62(18-12-27)35-9-6-30-38(58-60(2)40(30)37(35)50)31-7-10-36(64)55-44(31)65/h5-6,8-9,23-24,27-28,31,42,56H,3-4,7,10-22,25-26H2,1-2H3,(H,53,54,57)(H,55,64,65). The molecule has 2 unspecified atom stereocenters. The number of alkyl halides is 2. The number of hydrogen-bond acceptors (Lipinski definition) is 12. The van der Waals surface area contributed by atoms with Crippen molar-refractivity contribution in [1.29, 1.82) is 0 Å². The zero-order valence-corrected chi connectivity index (χ0v) is 38.5. The van der Waals surface area contributed by atoms with Crippen LogP contribution in [-0.4, -0.2) is 105 Å². The average Bonchev–Trinajstić information content (AvgIpc) is 4.12. The summed E-state index contributed by atoms with van der Waals surface area (Å²) >= 11 is 6.66. The number of carbonyl (C=O) groups excluding carboxylic acids is 2. The summed E-state index contributed by atoms with van der Waals surface area (Å²) in [5, 5.41) is 14.8. The number of benzene rings is 2. The van der Waals surface area contributed by atoms with Gasteiger partial charge in [0.15, 0.2) is 18.2 Å². The number of carbonyl (C=O) groups is 2. The van der Waals surface area contributed by atoms with Gasteiger partial charge in [0.1, 0.15) is 10.5 Å². The largest absolute Gasteiger partial charge is 0.480 e. The zero-order chi connectivity index (χ0) is 46.4. The molecule has 19 heteroatoms. The molecule has 2 aromatic carbocycles. The molecule has 1 saturated carbocycles. The predicted octanol–water partition coefficient (Wildman–Crippen LogP) is 7.09. The number of hydrogen-bond donors (Lipinski definition) is 3. The summed E-state index contributed by atoms with van der Waals surface area (Å²) in [4.78, 5) is 54.1. The van der Waals surface area contributed by atoms with Gasteiger partial charge in [0.25, 0.3) is 5.56 Å². The summed E-state index contributed by atoms with van der Waals surface area (Å²) < 4.78 is 55.0. The number of imide groups is 1. The van der Waals surface area contributed by atoms with Crippen LogP contribution in [0.2, 0.25) is 5.02 Å². The van der Waals surface area contributed by atoms with Crippen LogP contribution < -0.4 is 36.0 Å². The Morgan fingerprint density at radius 3 is 2.39 bits per heavy atom. The number of anilines is 5. The number of piperidine rings is 4. The third-order valence-electron chi connectivity index (χ3n) is 15.6. The second kappa shape index (κ2) is 16.9. The molecule has 2 amide bonds. The topological polar surface area (TPSA) is 155 Å². The number of aryl methyl sites for hydroxylation is 2. The van der Waals surface area contributed by atoms with Crippen LogP contribution in [0.5, 0.6) is 5.75 Å². The van der Waals surface area contributed by atoms with Gasteiger partial charge in [-0.25, -0.2) is 18.2 Å². The molecule has 354 valence electrons. The molecule has 3 aromatic heterocycles. The lowest BCUT2D eigenvalue weighted by molar-refractivity contribution is -0.134. The van der Waals surface area contributed by atoms with Crippen LogP contribution in [-0.2, 0) is 23.7 Å². The fraction of sp³-hybridized carbons (Fsp3) is 0.542. The van der Waals surface area contributed by atoms with E-state index in [4.69, 9.17) is 21.3 Å². The molecule has 0 radical (unpaired) electrons.